The Hall–Kier alpha value is -2.57. The van der Waals surface area contributed by atoms with Gasteiger partial charge >= 0.3 is 12.0 Å². The molecule has 0 bridgehead atoms. The lowest BCUT2D eigenvalue weighted by atomic mass is 10.1. The Morgan fingerprint density at radius 1 is 1.33 bits per heavy atom. The first-order valence-electron chi connectivity index (χ1n) is 6.26. The number of ether oxygens (including phenoxy) is 2. The highest BCUT2D eigenvalue weighted by Crippen LogP contribution is 2.20. The lowest BCUT2D eigenvalue weighted by molar-refractivity contribution is -0.153. The van der Waals surface area contributed by atoms with Crippen molar-refractivity contribution in [3.05, 3.63) is 29.3 Å². The van der Waals surface area contributed by atoms with Crippen LogP contribution in [0.25, 0.3) is 0 Å². The molecule has 0 radical (unpaired) electrons. The normalized spacial score (nSPS) is 11.4. The molecular formula is C14H18N2O5. The molecular weight excluding hydrogens is 276 g/mol. The highest BCUT2D eigenvalue weighted by atomic mass is 16.5. The van der Waals surface area contributed by atoms with Crippen molar-refractivity contribution in [3.63, 3.8) is 0 Å². The van der Waals surface area contributed by atoms with E-state index >= 15 is 0 Å². The second kappa shape index (κ2) is 7.28. The Bertz CT molecular complexity index is 556. The van der Waals surface area contributed by atoms with E-state index in [9.17, 15) is 14.4 Å². The summed E-state index contributed by atoms with van der Waals surface area (Å²) in [5.74, 6) is -0.815. The third-order valence-electron chi connectivity index (χ3n) is 2.69. The zero-order valence-electron chi connectivity index (χ0n) is 12.1. The van der Waals surface area contributed by atoms with E-state index in [-0.39, 0.29) is 6.42 Å². The summed E-state index contributed by atoms with van der Waals surface area (Å²) in [4.78, 5) is 33.8. The molecule has 1 atom stereocenters. The lowest BCUT2D eigenvalue weighted by Gasteiger charge is -2.13. The number of amides is 3. The minimum Gasteiger partial charge on any atom is -0.496 e. The minimum absolute atomic E-state index is 0.0426. The number of imide groups is 1. The maximum atomic E-state index is 11.8. The molecule has 7 nitrogen and oxygen atoms in total. The van der Waals surface area contributed by atoms with Gasteiger partial charge in [0.25, 0.3) is 5.91 Å². The van der Waals surface area contributed by atoms with E-state index in [0.29, 0.717) is 11.3 Å². The fourth-order valence-corrected chi connectivity index (χ4v) is 1.72. The summed E-state index contributed by atoms with van der Waals surface area (Å²) in [6, 6.07) is 4.41. The molecule has 0 aliphatic rings. The standard InChI is InChI=1S/C14H18N2O5/c1-8-4-5-11(20-3)10(6-8)7-12(17)21-9(2)13(18)16-14(15)19/h4-6,9H,7H2,1-3H3,(H3,15,16,18,19)/t9-/m0/s1. The number of methoxy groups -OCH3 is 1. The quantitative estimate of drug-likeness (QED) is 0.776. The molecule has 0 heterocycles. The van der Waals surface area contributed by atoms with Crippen molar-refractivity contribution in [2.75, 3.05) is 7.11 Å². The fourth-order valence-electron chi connectivity index (χ4n) is 1.72. The summed E-state index contributed by atoms with van der Waals surface area (Å²) in [5.41, 5.74) is 6.44. The molecule has 1 aromatic rings. The first-order chi connectivity index (χ1) is 9.83. The van der Waals surface area contributed by atoms with Gasteiger partial charge in [-0.1, -0.05) is 17.7 Å². The van der Waals surface area contributed by atoms with Crippen molar-refractivity contribution < 1.29 is 23.9 Å². The van der Waals surface area contributed by atoms with Crippen LogP contribution in [0.3, 0.4) is 0 Å². The summed E-state index contributed by atoms with van der Waals surface area (Å²) in [7, 11) is 1.50. The fraction of sp³-hybridized carbons (Fsp3) is 0.357. The average molecular weight is 294 g/mol. The number of hydrogen-bond acceptors (Lipinski definition) is 5. The molecule has 21 heavy (non-hydrogen) atoms. The van der Waals surface area contributed by atoms with Gasteiger partial charge in [0.1, 0.15) is 5.75 Å². The number of urea groups is 1. The molecule has 0 aliphatic carbocycles. The first-order valence-corrected chi connectivity index (χ1v) is 6.26. The van der Waals surface area contributed by atoms with Crippen molar-refractivity contribution in [3.8, 4) is 5.75 Å². The van der Waals surface area contributed by atoms with E-state index in [1.54, 1.807) is 12.1 Å². The van der Waals surface area contributed by atoms with Gasteiger partial charge in [-0.2, -0.15) is 0 Å². The molecule has 1 aromatic carbocycles. The zero-order valence-corrected chi connectivity index (χ0v) is 12.1. The van der Waals surface area contributed by atoms with Crippen LogP contribution >= 0.6 is 0 Å². The number of carbonyl (C=O) groups excluding carboxylic acids is 3. The number of carbonyl (C=O) groups is 3. The van der Waals surface area contributed by atoms with Crippen molar-refractivity contribution in [2.24, 2.45) is 5.73 Å². The summed E-state index contributed by atoms with van der Waals surface area (Å²) in [6.07, 6.45) is -1.15. The number of rotatable bonds is 5. The van der Waals surface area contributed by atoms with Crippen molar-refractivity contribution in [1.82, 2.24) is 5.32 Å². The van der Waals surface area contributed by atoms with E-state index < -0.39 is 24.0 Å². The van der Waals surface area contributed by atoms with Crippen LogP contribution in [0.2, 0.25) is 0 Å². The average Bonchev–Trinajstić information content (AvgIpc) is 2.37. The van der Waals surface area contributed by atoms with Gasteiger partial charge < -0.3 is 15.2 Å². The molecule has 3 N–H and O–H groups in total. The van der Waals surface area contributed by atoms with Crippen molar-refractivity contribution >= 4 is 17.9 Å². The summed E-state index contributed by atoms with van der Waals surface area (Å²) in [6.45, 7) is 3.24. The molecule has 0 saturated carbocycles. The number of nitrogens with one attached hydrogen (secondary N) is 1. The summed E-state index contributed by atoms with van der Waals surface area (Å²) < 4.78 is 10.1. The Kier molecular flexibility index (Phi) is 5.71. The number of benzene rings is 1. The number of esters is 1. The molecule has 0 fully saturated rings. The van der Waals surface area contributed by atoms with Gasteiger partial charge in [0.2, 0.25) is 0 Å². The lowest BCUT2D eigenvalue weighted by Crippen LogP contribution is -2.42. The Balaban J connectivity index is 2.67. The SMILES string of the molecule is COc1ccc(C)cc1CC(=O)O[C@@H](C)C(=O)NC(N)=O. The van der Waals surface area contributed by atoms with Crippen LogP contribution in [0, 0.1) is 6.92 Å². The van der Waals surface area contributed by atoms with Crippen molar-refractivity contribution in [2.45, 2.75) is 26.4 Å². The molecule has 3 amide bonds. The topological polar surface area (TPSA) is 108 Å². The molecule has 0 spiro atoms. The second-order valence-corrected chi connectivity index (χ2v) is 4.48. The minimum atomic E-state index is -1.11. The summed E-state index contributed by atoms with van der Waals surface area (Å²) in [5, 5.41) is 1.84. The molecule has 0 saturated heterocycles. The van der Waals surface area contributed by atoms with Gasteiger partial charge in [0.15, 0.2) is 6.10 Å². The number of nitrogens with two attached hydrogens (primary N) is 1. The highest BCUT2D eigenvalue weighted by Gasteiger charge is 2.20. The maximum absolute atomic E-state index is 11.8. The van der Waals surface area contributed by atoms with E-state index in [4.69, 9.17) is 15.2 Å². The predicted molar refractivity (Wildman–Crippen MR) is 74.7 cm³/mol. The van der Waals surface area contributed by atoms with E-state index in [1.165, 1.54) is 14.0 Å². The van der Waals surface area contributed by atoms with Crippen LogP contribution in [0.5, 0.6) is 5.75 Å². The molecule has 7 heteroatoms. The maximum Gasteiger partial charge on any atom is 0.318 e. The van der Waals surface area contributed by atoms with Crippen molar-refractivity contribution in [1.29, 1.82) is 0 Å². The number of aryl methyl sites for hydroxylation is 1. The van der Waals surface area contributed by atoms with Crippen LogP contribution in [0.1, 0.15) is 18.1 Å². The Morgan fingerprint density at radius 2 is 2.00 bits per heavy atom. The third kappa shape index (κ3) is 5.13. The van der Waals surface area contributed by atoms with Crippen LogP contribution in [-0.4, -0.2) is 31.1 Å². The van der Waals surface area contributed by atoms with E-state index in [1.807, 2.05) is 18.3 Å². The monoisotopic (exact) mass is 294 g/mol. The number of primary amides is 1. The van der Waals surface area contributed by atoms with Gasteiger partial charge in [-0.25, -0.2) is 4.79 Å². The molecule has 0 aromatic heterocycles. The van der Waals surface area contributed by atoms with E-state index in [0.717, 1.165) is 5.56 Å². The van der Waals surface area contributed by atoms with Gasteiger partial charge in [0.05, 0.1) is 13.5 Å². The number of hydrogen-bond donors (Lipinski definition) is 2. The van der Waals surface area contributed by atoms with Gasteiger partial charge in [-0.15, -0.1) is 0 Å². The Morgan fingerprint density at radius 3 is 2.57 bits per heavy atom. The third-order valence-corrected chi connectivity index (χ3v) is 2.69. The summed E-state index contributed by atoms with van der Waals surface area (Å²) >= 11 is 0. The van der Waals surface area contributed by atoms with Crippen LogP contribution in [-0.2, 0) is 20.7 Å². The van der Waals surface area contributed by atoms with Gasteiger partial charge in [0, 0.05) is 5.56 Å². The van der Waals surface area contributed by atoms with Crippen LogP contribution in [0.4, 0.5) is 4.79 Å². The Labute approximate surface area is 122 Å². The molecule has 1 rings (SSSR count). The van der Waals surface area contributed by atoms with Crippen LogP contribution < -0.4 is 15.8 Å². The highest BCUT2D eigenvalue weighted by molar-refractivity contribution is 5.96. The van der Waals surface area contributed by atoms with Crippen LogP contribution in [0.15, 0.2) is 18.2 Å². The first kappa shape index (κ1) is 16.5. The smallest absolute Gasteiger partial charge is 0.318 e. The predicted octanol–water partition coefficient (Wildman–Crippen LogP) is 0.673. The molecule has 0 aliphatic heterocycles. The van der Waals surface area contributed by atoms with Gasteiger partial charge in [-0.05, 0) is 19.9 Å². The molecule has 0 unspecified atom stereocenters. The van der Waals surface area contributed by atoms with E-state index in [2.05, 4.69) is 0 Å². The van der Waals surface area contributed by atoms with Gasteiger partial charge in [-0.3, -0.25) is 14.9 Å². The molecule has 114 valence electrons. The zero-order chi connectivity index (χ0) is 16.0. The largest absolute Gasteiger partial charge is 0.496 e. The second-order valence-electron chi connectivity index (χ2n) is 4.48.